The third-order valence-corrected chi connectivity index (χ3v) is 7.36. The van der Waals surface area contributed by atoms with Gasteiger partial charge >= 0.3 is 0 Å². The maximum absolute atomic E-state index is 14.8. The van der Waals surface area contributed by atoms with Gasteiger partial charge in [-0.2, -0.15) is 0 Å². The highest BCUT2D eigenvalue weighted by Crippen LogP contribution is 2.43. The van der Waals surface area contributed by atoms with Crippen LogP contribution in [0.15, 0.2) is 42.6 Å². The Hall–Kier alpha value is -2.67. The summed E-state index contributed by atoms with van der Waals surface area (Å²) in [5, 5.41) is 9.81. The fraction of sp³-hybridized carbons (Fsp3) is 0.520. The Morgan fingerprint density at radius 2 is 1.94 bits per heavy atom. The number of carbonyl (C=O) groups excluding carboxylic acids is 1. The van der Waals surface area contributed by atoms with E-state index in [0.29, 0.717) is 12.4 Å². The molecule has 2 aromatic rings. The monoisotopic (exact) mass is 439 g/mol. The van der Waals surface area contributed by atoms with E-state index in [1.54, 1.807) is 30.5 Å². The number of carbonyl (C=O) groups is 1. The molecule has 5 rings (SSSR count). The van der Waals surface area contributed by atoms with Gasteiger partial charge in [0.15, 0.2) is 11.6 Å². The van der Waals surface area contributed by atoms with Crippen molar-refractivity contribution in [2.24, 2.45) is 5.41 Å². The SMILES string of the molecule is O=C1N(C2CCC(O)CC2)CCC12CCCN(c1ccc(Oc3ccccn3)c(F)c1)C2. The van der Waals surface area contributed by atoms with Crippen LogP contribution >= 0.6 is 0 Å². The maximum Gasteiger partial charge on any atom is 0.230 e. The van der Waals surface area contributed by atoms with Crippen LogP contribution in [-0.2, 0) is 4.79 Å². The third kappa shape index (κ3) is 4.06. The molecule has 3 heterocycles. The molecule has 2 saturated heterocycles. The molecule has 1 N–H and O–H groups in total. The summed E-state index contributed by atoms with van der Waals surface area (Å²) in [4.78, 5) is 21.8. The van der Waals surface area contributed by atoms with Gasteiger partial charge in [0.25, 0.3) is 0 Å². The number of halogens is 1. The summed E-state index contributed by atoms with van der Waals surface area (Å²) in [6.45, 7) is 2.22. The van der Waals surface area contributed by atoms with E-state index in [2.05, 4.69) is 14.8 Å². The van der Waals surface area contributed by atoms with Crippen molar-refractivity contribution in [3.8, 4) is 11.6 Å². The average molecular weight is 440 g/mol. The smallest absolute Gasteiger partial charge is 0.230 e. The third-order valence-electron chi connectivity index (χ3n) is 7.36. The van der Waals surface area contributed by atoms with Crippen LogP contribution in [0, 0.1) is 11.2 Å². The predicted octanol–water partition coefficient (Wildman–Crippen LogP) is 4.14. The molecular formula is C25H30FN3O3. The number of amides is 1. The highest BCUT2D eigenvalue weighted by Gasteiger charge is 2.50. The van der Waals surface area contributed by atoms with Crippen molar-refractivity contribution in [3.05, 3.63) is 48.4 Å². The number of aromatic nitrogens is 1. The summed E-state index contributed by atoms with van der Waals surface area (Å²) in [5.74, 6) is 0.303. The number of nitrogens with zero attached hydrogens (tertiary/aromatic N) is 3. The molecule has 3 fully saturated rings. The van der Waals surface area contributed by atoms with Gasteiger partial charge in [0, 0.05) is 49.7 Å². The van der Waals surface area contributed by atoms with Gasteiger partial charge in [0.1, 0.15) is 0 Å². The zero-order chi connectivity index (χ0) is 22.1. The minimum absolute atomic E-state index is 0.141. The number of pyridine rings is 1. The Balaban J connectivity index is 1.29. The van der Waals surface area contributed by atoms with Crippen LogP contribution < -0.4 is 9.64 Å². The first-order valence-electron chi connectivity index (χ1n) is 11.7. The van der Waals surface area contributed by atoms with Gasteiger partial charge in [-0.05, 0) is 63.1 Å². The number of ether oxygens (including phenoxy) is 1. The van der Waals surface area contributed by atoms with E-state index in [9.17, 15) is 14.3 Å². The number of piperidine rings is 1. The van der Waals surface area contributed by atoms with Crippen LogP contribution in [0.2, 0.25) is 0 Å². The molecule has 1 amide bonds. The number of hydrogen-bond donors (Lipinski definition) is 1. The lowest BCUT2D eigenvalue weighted by Gasteiger charge is -2.41. The van der Waals surface area contributed by atoms with Crippen molar-refractivity contribution in [1.82, 2.24) is 9.88 Å². The van der Waals surface area contributed by atoms with Crippen LogP contribution in [0.3, 0.4) is 0 Å². The standard InChI is InChI=1S/C25H30FN3O3/c26-21-16-19(7-10-22(21)32-23-4-1-2-13-27-23)28-14-3-11-25(17-28)12-15-29(24(25)31)18-5-8-20(30)9-6-18/h1-2,4,7,10,13,16,18,20,30H,3,5-6,8-9,11-12,14-15,17H2. The molecule has 1 aromatic heterocycles. The summed E-state index contributed by atoms with van der Waals surface area (Å²) in [6, 6.07) is 10.5. The predicted molar refractivity (Wildman–Crippen MR) is 119 cm³/mol. The Morgan fingerprint density at radius 1 is 1.09 bits per heavy atom. The first-order valence-corrected chi connectivity index (χ1v) is 11.7. The molecule has 1 spiro atoms. The molecule has 1 aromatic carbocycles. The maximum atomic E-state index is 14.8. The average Bonchev–Trinajstić information content (AvgIpc) is 3.12. The van der Waals surface area contributed by atoms with Crippen LogP contribution in [0.1, 0.15) is 44.9 Å². The number of aliphatic hydroxyl groups excluding tert-OH is 1. The largest absolute Gasteiger partial charge is 0.436 e. The van der Waals surface area contributed by atoms with E-state index in [4.69, 9.17) is 4.74 Å². The van der Waals surface area contributed by atoms with E-state index in [1.807, 2.05) is 6.07 Å². The van der Waals surface area contributed by atoms with Crippen LogP contribution in [0.4, 0.5) is 10.1 Å². The molecule has 0 radical (unpaired) electrons. The second-order valence-corrected chi connectivity index (χ2v) is 9.40. The Labute approximate surface area is 188 Å². The molecule has 3 aliphatic rings. The van der Waals surface area contributed by atoms with E-state index in [-0.39, 0.29) is 29.2 Å². The minimum atomic E-state index is -0.437. The number of aliphatic hydroxyl groups is 1. The highest BCUT2D eigenvalue weighted by atomic mass is 19.1. The van der Waals surface area contributed by atoms with Gasteiger partial charge in [-0.1, -0.05) is 6.07 Å². The first-order chi connectivity index (χ1) is 15.5. The normalized spacial score (nSPS) is 28.4. The fourth-order valence-electron chi connectivity index (χ4n) is 5.59. The summed E-state index contributed by atoms with van der Waals surface area (Å²) in [7, 11) is 0. The molecule has 1 atom stereocenters. The number of likely N-dealkylation sites (tertiary alicyclic amines) is 1. The molecule has 6 nitrogen and oxygen atoms in total. The number of anilines is 1. The highest BCUT2D eigenvalue weighted by molar-refractivity contribution is 5.86. The molecule has 2 aliphatic heterocycles. The summed E-state index contributed by atoms with van der Waals surface area (Å²) in [5.41, 5.74) is 0.399. The van der Waals surface area contributed by atoms with E-state index in [1.165, 1.54) is 6.07 Å². The van der Waals surface area contributed by atoms with Gasteiger partial charge in [0.05, 0.1) is 11.5 Å². The lowest BCUT2D eigenvalue weighted by atomic mass is 9.78. The van der Waals surface area contributed by atoms with Crippen molar-refractivity contribution < 1.29 is 19.0 Å². The van der Waals surface area contributed by atoms with Crippen LogP contribution in [0.5, 0.6) is 11.6 Å². The van der Waals surface area contributed by atoms with Gasteiger partial charge in [-0.15, -0.1) is 0 Å². The molecule has 170 valence electrons. The summed E-state index contributed by atoms with van der Waals surface area (Å²) >= 11 is 0. The van der Waals surface area contributed by atoms with Crippen molar-refractivity contribution in [1.29, 1.82) is 0 Å². The second kappa shape index (κ2) is 8.70. The van der Waals surface area contributed by atoms with Gasteiger partial charge < -0.3 is 19.6 Å². The molecule has 32 heavy (non-hydrogen) atoms. The van der Waals surface area contributed by atoms with Gasteiger partial charge in [-0.3, -0.25) is 4.79 Å². The summed E-state index contributed by atoms with van der Waals surface area (Å²) < 4.78 is 20.4. The van der Waals surface area contributed by atoms with E-state index in [0.717, 1.165) is 63.7 Å². The Kier molecular flexibility index (Phi) is 5.76. The van der Waals surface area contributed by atoms with Gasteiger partial charge in [-0.25, -0.2) is 9.37 Å². The van der Waals surface area contributed by atoms with Crippen molar-refractivity contribution in [2.75, 3.05) is 24.5 Å². The lowest BCUT2D eigenvalue weighted by molar-refractivity contribution is -0.139. The summed E-state index contributed by atoms with van der Waals surface area (Å²) in [6.07, 6.45) is 7.36. The first kappa shape index (κ1) is 21.2. The van der Waals surface area contributed by atoms with Crippen molar-refractivity contribution in [3.63, 3.8) is 0 Å². The van der Waals surface area contributed by atoms with Gasteiger partial charge in [0.2, 0.25) is 11.8 Å². The topological polar surface area (TPSA) is 65.9 Å². The number of benzene rings is 1. The van der Waals surface area contributed by atoms with Crippen LogP contribution in [-0.4, -0.2) is 52.7 Å². The molecule has 1 saturated carbocycles. The lowest BCUT2D eigenvalue weighted by Crippen LogP contribution is -2.50. The van der Waals surface area contributed by atoms with Crippen molar-refractivity contribution in [2.45, 2.75) is 57.1 Å². The Bertz CT molecular complexity index is 964. The number of rotatable bonds is 4. The quantitative estimate of drug-likeness (QED) is 0.776. The van der Waals surface area contributed by atoms with Crippen LogP contribution in [0.25, 0.3) is 0 Å². The second-order valence-electron chi connectivity index (χ2n) is 9.40. The molecule has 1 aliphatic carbocycles. The number of hydrogen-bond acceptors (Lipinski definition) is 5. The zero-order valence-electron chi connectivity index (χ0n) is 18.3. The fourth-order valence-corrected chi connectivity index (χ4v) is 5.59. The molecular weight excluding hydrogens is 409 g/mol. The molecule has 0 bridgehead atoms. The minimum Gasteiger partial charge on any atom is -0.436 e. The van der Waals surface area contributed by atoms with E-state index >= 15 is 0 Å². The molecule has 1 unspecified atom stereocenters. The molecule has 7 heteroatoms. The van der Waals surface area contributed by atoms with E-state index < -0.39 is 5.82 Å². The van der Waals surface area contributed by atoms with Crippen molar-refractivity contribution >= 4 is 11.6 Å². The zero-order valence-corrected chi connectivity index (χ0v) is 18.3. The Morgan fingerprint density at radius 3 is 2.69 bits per heavy atom.